The second kappa shape index (κ2) is 4.27. The molecule has 3 N–H and O–H groups in total. The minimum atomic E-state index is -0.454. The normalized spacial score (nSPS) is 11.8. The first-order chi connectivity index (χ1) is 7.89. The number of aryl methyl sites for hydroxylation is 1. The molecule has 1 aromatic heterocycles. The van der Waals surface area contributed by atoms with Gasteiger partial charge in [-0.1, -0.05) is 34.1 Å². The molecule has 3 nitrogen and oxygen atoms in total. The zero-order valence-electron chi connectivity index (χ0n) is 10.2. The highest BCUT2D eigenvalue weighted by molar-refractivity contribution is 9.10. The molecule has 0 spiro atoms. The molecule has 90 valence electrons. The Balaban J connectivity index is 2.55. The molecule has 0 unspecified atom stereocenters. The predicted octanol–water partition coefficient (Wildman–Crippen LogP) is 3.34. The summed E-state index contributed by atoms with van der Waals surface area (Å²) in [6.07, 6.45) is 0. The Kier molecular flexibility index (Phi) is 3.10. The molecule has 1 aromatic carbocycles. The molecular weight excluding hydrogens is 278 g/mol. The summed E-state index contributed by atoms with van der Waals surface area (Å²) in [6.45, 7) is 5.89. The fourth-order valence-corrected chi connectivity index (χ4v) is 2.15. The number of nitrogens with two attached hydrogens (primary N) is 1. The Morgan fingerprint density at radius 2 is 1.94 bits per heavy atom. The van der Waals surface area contributed by atoms with Gasteiger partial charge in [-0.15, -0.1) is 0 Å². The minimum Gasteiger partial charge on any atom is -0.344 e. The van der Waals surface area contributed by atoms with Crippen molar-refractivity contribution in [2.75, 3.05) is 0 Å². The summed E-state index contributed by atoms with van der Waals surface area (Å²) in [4.78, 5) is 7.85. The quantitative estimate of drug-likeness (QED) is 0.892. The fraction of sp³-hybridized carbons (Fsp3) is 0.308. The summed E-state index contributed by atoms with van der Waals surface area (Å²) in [7, 11) is 0. The van der Waals surface area contributed by atoms with E-state index < -0.39 is 5.54 Å². The lowest BCUT2D eigenvalue weighted by atomic mass is 10.1. The van der Waals surface area contributed by atoms with Crippen LogP contribution in [0.15, 0.2) is 28.7 Å². The van der Waals surface area contributed by atoms with E-state index in [9.17, 15) is 0 Å². The highest BCUT2D eigenvalue weighted by Crippen LogP contribution is 2.30. The SMILES string of the molecule is Cc1[nH]c(C(C)(C)N)nc1-c1ccccc1Br. The number of hydrogen-bond acceptors (Lipinski definition) is 2. The van der Waals surface area contributed by atoms with Crippen molar-refractivity contribution in [3.63, 3.8) is 0 Å². The number of aromatic nitrogens is 2. The average Bonchev–Trinajstić information content (AvgIpc) is 2.61. The third-order valence-corrected chi connectivity index (χ3v) is 3.32. The molecule has 0 saturated carbocycles. The van der Waals surface area contributed by atoms with Gasteiger partial charge >= 0.3 is 0 Å². The first-order valence-corrected chi connectivity index (χ1v) is 6.30. The lowest BCUT2D eigenvalue weighted by Crippen LogP contribution is -2.30. The maximum absolute atomic E-state index is 6.05. The lowest BCUT2D eigenvalue weighted by Gasteiger charge is -2.14. The first kappa shape index (κ1) is 12.3. The molecule has 4 heteroatoms. The lowest BCUT2D eigenvalue weighted by molar-refractivity contribution is 0.520. The van der Waals surface area contributed by atoms with Crippen molar-refractivity contribution in [3.8, 4) is 11.3 Å². The maximum Gasteiger partial charge on any atom is 0.126 e. The van der Waals surface area contributed by atoms with Crippen molar-refractivity contribution in [3.05, 3.63) is 40.3 Å². The summed E-state index contributed by atoms with van der Waals surface area (Å²) in [6, 6.07) is 8.04. The summed E-state index contributed by atoms with van der Waals surface area (Å²) in [5.74, 6) is 0.806. The van der Waals surface area contributed by atoms with Gasteiger partial charge in [-0.3, -0.25) is 0 Å². The van der Waals surface area contributed by atoms with E-state index in [1.807, 2.05) is 45.0 Å². The molecule has 0 aliphatic rings. The van der Waals surface area contributed by atoms with Crippen LogP contribution in [0.3, 0.4) is 0 Å². The van der Waals surface area contributed by atoms with Gasteiger partial charge < -0.3 is 10.7 Å². The largest absolute Gasteiger partial charge is 0.344 e. The van der Waals surface area contributed by atoms with E-state index in [4.69, 9.17) is 5.73 Å². The van der Waals surface area contributed by atoms with Gasteiger partial charge in [-0.2, -0.15) is 0 Å². The summed E-state index contributed by atoms with van der Waals surface area (Å²) >= 11 is 3.54. The van der Waals surface area contributed by atoms with E-state index in [1.165, 1.54) is 0 Å². The highest BCUT2D eigenvalue weighted by Gasteiger charge is 2.21. The molecule has 0 aliphatic heterocycles. The van der Waals surface area contributed by atoms with Crippen molar-refractivity contribution in [2.24, 2.45) is 5.73 Å². The van der Waals surface area contributed by atoms with Crippen molar-refractivity contribution < 1.29 is 0 Å². The van der Waals surface area contributed by atoms with Crippen LogP contribution in [-0.2, 0) is 5.54 Å². The Morgan fingerprint density at radius 3 is 2.47 bits per heavy atom. The number of nitrogens with zero attached hydrogens (tertiary/aromatic N) is 1. The van der Waals surface area contributed by atoms with Crippen LogP contribution < -0.4 is 5.73 Å². The summed E-state index contributed by atoms with van der Waals surface area (Å²) < 4.78 is 1.04. The number of benzene rings is 1. The van der Waals surface area contributed by atoms with Crippen molar-refractivity contribution in [1.82, 2.24) is 9.97 Å². The van der Waals surface area contributed by atoms with Crippen LogP contribution in [0, 0.1) is 6.92 Å². The number of imidazole rings is 1. The second-order valence-corrected chi connectivity index (χ2v) is 5.61. The average molecular weight is 294 g/mol. The Morgan fingerprint density at radius 1 is 1.29 bits per heavy atom. The predicted molar refractivity (Wildman–Crippen MR) is 73.7 cm³/mol. The number of aromatic amines is 1. The zero-order chi connectivity index (χ0) is 12.6. The van der Waals surface area contributed by atoms with Crippen LogP contribution in [0.4, 0.5) is 0 Å². The third kappa shape index (κ3) is 2.42. The number of rotatable bonds is 2. The molecule has 0 bridgehead atoms. The van der Waals surface area contributed by atoms with Gasteiger partial charge in [0.05, 0.1) is 11.2 Å². The zero-order valence-corrected chi connectivity index (χ0v) is 11.8. The van der Waals surface area contributed by atoms with Gasteiger partial charge in [-0.05, 0) is 26.8 Å². The van der Waals surface area contributed by atoms with Gasteiger partial charge in [-0.25, -0.2) is 4.98 Å². The second-order valence-electron chi connectivity index (χ2n) is 4.76. The molecule has 17 heavy (non-hydrogen) atoms. The van der Waals surface area contributed by atoms with Crippen LogP contribution in [0.1, 0.15) is 25.4 Å². The Labute approximate surface area is 110 Å². The van der Waals surface area contributed by atoms with Crippen LogP contribution in [0.25, 0.3) is 11.3 Å². The maximum atomic E-state index is 6.05. The summed E-state index contributed by atoms with van der Waals surface area (Å²) in [5, 5.41) is 0. The Bertz CT molecular complexity index is 538. The molecule has 2 aromatic rings. The van der Waals surface area contributed by atoms with Gasteiger partial charge in [0.15, 0.2) is 0 Å². The molecule has 2 rings (SSSR count). The smallest absolute Gasteiger partial charge is 0.126 e. The number of hydrogen-bond donors (Lipinski definition) is 2. The van der Waals surface area contributed by atoms with Gasteiger partial charge in [0, 0.05) is 15.7 Å². The number of halogens is 1. The first-order valence-electron chi connectivity index (χ1n) is 5.50. The molecule has 0 radical (unpaired) electrons. The number of H-pyrrole nitrogens is 1. The van der Waals surface area contributed by atoms with Crippen molar-refractivity contribution in [2.45, 2.75) is 26.3 Å². The minimum absolute atomic E-state index is 0.454. The standard InChI is InChI=1S/C13H16BrN3/c1-8-11(9-6-4-5-7-10(9)14)17-12(16-8)13(2,3)15/h4-7H,15H2,1-3H3,(H,16,17). The van der Waals surface area contributed by atoms with Crippen LogP contribution in [-0.4, -0.2) is 9.97 Å². The van der Waals surface area contributed by atoms with Gasteiger partial charge in [0.25, 0.3) is 0 Å². The van der Waals surface area contributed by atoms with Crippen molar-refractivity contribution in [1.29, 1.82) is 0 Å². The van der Waals surface area contributed by atoms with Crippen molar-refractivity contribution >= 4 is 15.9 Å². The Hall–Kier alpha value is -1.13. The van der Waals surface area contributed by atoms with E-state index in [1.54, 1.807) is 0 Å². The molecular formula is C13H16BrN3. The fourth-order valence-electron chi connectivity index (χ4n) is 1.68. The monoisotopic (exact) mass is 293 g/mol. The molecule has 0 saturated heterocycles. The highest BCUT2D eigenvalue weighted by atomic mass is 79.9. The van der Waals surface area contributed by atoms with E-state index in [2.05, 4.69) is 25.9 Å². The topological polar surface area (TPSA) is 54.7 Å². The van der Waals surface area contributed by atoms with Crippen LogP contribution in [0.5, 0.6) is 0 Å². The molecule has 1 heterocycles. The molecule has 0 amide bonds. The van der Waals surface area contributed by atoms with E-state index >= 15 is 0 Å². The van der Waals surface area contributed by atoms with Gasteiger partial charge in [0.2, 0.25) is 0 Å². The number of nitrogens with one attached hydrogen (secondary N) is 1. The molecule has 0 aliphatic carbocycles. The van der Waals surface area contributed by atoms with Crippen LogP contribution in [0.2, 0.25) is 0 Å². The van der Waals surface area contributed by atoms with E-state index in [0.717, 1.165) is 27.2 Å². The van der Waals surface area contributed by atoms with E-state index in [-0.39, 0.29) is 0 Å². The third-order valence-electron chi connectivity index (χ3n) is 2.62. The summed E-state index contributed by atoms with van der Waals surface area (Å²) in [5.41, 5.74) is 8.66. The molecule has 0 atom stereocenters. The molecule has 0 fully saturated rings. The van der Waals surface area contributed by atoms with Gasteiger partial charge in [0.1, 0.15) is 5.82 Å². The van der Waals surface area contributed by atoms with E-state index in [0.29, 0.717) is 0 Å². The van der Waals surface area contributed by atoms with Crippen LogP contribution >= 0.6 is 15.9 Å².